The van der Waals surface area contributed by atoms with Gasteiger partial charge in [0.15, 0.2) is 0 Å². The second-order valence-electron chi connectivity index (χ2n) is 4.72. The molecule has 118 valence electrons. The number of hydrogen-bond donors (Lipinski definition) is 1. The maximum atomic E-state index is 5.12. The third-order valence-corrected chi connectivity index (χ3v) is 3.53. The normalized spacial score (nSPS) is 10.5. The molecule has 2 aromatic carbocycles. The molecule has 0 saturated heterocycles. The molecule has 2 aromatic rings. The second kappa shape index (κ2) is 9.38. The highest BCUT2D eigenvalue weighted by Gasteiger charge is 2.00. The van der Waals surface area contributed by atoms with Crippen molar-refractivity contribution >= 4 is 24.0 Å². The average molecular weight is 316 g/mol. The fourth-order valence-electron chi connectivity index (χ4n) is 1.90. The van der Waals surface area contributed by atoms with Gasteiger partial charge in [0.1, 0.15) is 0 Å². The minimum Gasteiger partial charge on any atom is -0.380 e. The van der Waals surface area contributed by atoms with Crippen molar-refractivity contribution < 1.29 is 4.74 Å². The molecule has 22 heavy (non-hydrogen) atoms. The number of methoxy groups -OCH3 is 1. The van der Waals surface area contributed by atoms with Gasteiger partial charge < -0.3 is 4.74 Å². The first-order chi connectivity index (χ1) is 10.6. The van der Waals surface area contributed by atoms with Crippen LogP contribution >= 0.6 is 12.6 Å². The Labute approximate surface area is 138 Å². The van der Waals surface area contributed by atoms with Crippen LogP contribution in [0.25, 0.3) is 0 Å². The zero-order chi connectivity index (χ0) is 16.5. The van der Waals surface area contributed by atoms with Gasteiger partial charge >= 0.3 is 0 Å². The molecular weight excluding hydrogens is 292 g/mol. The SMILES string of the molecule is CC.COCc1ccc(N=Nc2ccc(S)c(C)c2)c(C)c1. The molecule has 0 aliphatic rings. The number of azo groups is 1. The molecule has 0 N–H and O–H groups in total. The van der Waals surface area contributed by atoms with Gasteiger partial charge in [-0.3, -0.25) is 0 Å². The van der Waals surface area contributed by atoms with Crippen LogP contribution in [0.4, 0.5) is 11.4 Å². The van der Waals surface area contributed by atoms with Gasteiger partial charge in [-0.2, -0.15) is 10.2 Å². The lowest BCUT2D eigenvalue weighted by molar-refractivity contribution is 0.185. The first kappa shape index (κ1) is 18.4. The maximum absolute atomic E-state index is 5.12. The van der Waals surface area contributed by atoms with E-state index in [4.69, 9.17) is 4.74 Å². The molecule has 0 bridgehead atoms. The molecule has 0 saturated carbocycles. The molecule has 0 aliphatic heterocycles. The van der Waals surface area contributed by atoms with E-state index in [2.05, 4.69) is 28.9 Å². The zero-order valence-electron chi connectivity index (χ0n) is 13.9. The summed E-state index contributed by atoms with van der Waals surface area (Å²) in [4.78, 5) is 0.962. The Kier molecular flexibility index (Phi) is 7.85. The highest BCUT2D eigenvalue weighted by molar-refractivity contribution is 7.80. The van der Waals surface area contributed by atoms with E-state index < -0.39 is 0 Å². The number of thiol groups is 1. The monoisotopic (exact) mass is 316 g/mol. The lowest BCUT2D eigenvalue weighted by Crippen LogP contribution is -1.87. The van der Waals surface area contributed by atoms with E-state index in [-0.39, 0.29) is 0 Å². The first-order valence-electron chi connectivity index (χ1n) is 7.40. The van der Waals surface area contributed by atoms with E-state index in [0.29, 0.717) is 6.61 Å². The van der Waals surface area contributed by atoms with Crippen molar-refractivity contribution in [3.63, 3.8) is 0 Å². The average Bonchev–Trinajstić information content (AvgIpc) is 2.52. The third kappa shape index (κ3) is 5.28. The Bertz CT molecular complexity index is 639. The molecule has 0 amide bonds. The van der Waals surface area contributed by atoms with Crippen molar-refractivity contribution in [2.24, 2.45) is 10.2 Å². The van der Waals surface area contributed by atoms with Gasteiger partial charge in [0.25, 0.3) is 0 Å². The van der Waals surface area contributed by atoms with E-state index in [1.54, 1.807) is 7.11 Å². The van der Waals surface area contributed by atoms with Crippen molar-refractivity contribution in [1.82, 2.24) is 0 Å². The summed E-state index contributed by atoms with van der Waals surface area (Å²) in [5.74, 6) is 0. The molecule has 4 heteroatoms. The van der Waals surface area contributed by atoms with Crippen molar-refractivity contribution in [1.29, 1.82) is 0 Å². The van der Waals surface area contributed by atoms with Gasteiger partial charge in [0.05, 0.1) is 18.0 Å². The molecule has 0 atom stereocenters. The number of benzene rings is 2. The number of nitrogens with zero attached hydrogens (tertiary/aromatic N) is 2. The zero-order valence-corrected chi connectivity index (χ0v) is 14.8. The smallest absolute Gasteiger partial charge is 0.0886 e. The molecule has 0 spiro atoms. The first-order valence-corrected chi connectivity index (χ1v) is 7.84. The summed E-state index contributed by atoms with van der Waals surface area (Å²) in [6.07, 6.45) is 0. The van der Waals surface area contributed by atoms with Crippen molar-refractivity contribution in [3.8, 4) is 0 Å². The number of ether oxygens (including phenoxy) is 1. The minimum absolute atomic E-state index is 0.612. The van der Waals surface area contributed by atoms with Crippen molar-refractivity contribution in [2.75, 3.05) is 7.11 Å². The number of rotatable bonds is 4. The molecule has 3 nitrogen and oxygen atoms in total. The number of aryl methyl sites for hydroxylation is 2. The fraction of sp³-hybridized carbons (Fsp3) is 0.333. The molecule has 0 fully saturated rings. The van der Waals surface area contributed by atoms with E-state index in [1.807, 2.05) is 58.0 Å². The van der Waals surface area contributed by atoms with E-state index in [9.17, 15) is 0 Å². The van der Waals surface area contributed by atoms with Crippen LogP contribution in [0, 0.1) is 13.8 Å². The molecule has 2 rings (SSSR count). The fourth-order valence-corrected chi connectivity index (χ4v) is 2.04. The molecule has 0 aliphatic carbocycles. The third-order valence-electron chi connectivity index (χ3n) is 3.03. The summed E-state index contributed by atoms with van der Waals surface area (Å²) in [5.41, 5.74) is 5.03. The van der Waals surface area contributed by atoms with Crippen LogP contribution in [0.3, 0.4) is 0 Å². The standard InChI is InChI=1S/C16H18N2OS.C2H6/c1-11-8-13(10-19-3)4-6-15(11)18-17-14-5-7-16(20)12(2)9-14;1-2/h4-9,20H,10H2,1-3H3;1-2H3. The van der Waals surface area contributed by atoms with Gasteiger partial charge in [-0.15, -0.1) is 12.6 Å². The summed E-state index contributed by atoms with van der Waals surface area (Å²) in [5, 5.41) is 8.58. The van der Waals surface area contributed by atoms with E-state index in [0.717, 1.165) is 33.0 Å². The molecule has 0 aromatic heterocycles. The Morgan fingerprint density at radius 2 is 1.68 bits per heavy atom. The lowest BCUT2D eigenvalue weighted by atomic mass is 10.1. The van der Waals surface area contributed by atoms with Crippen molar-refractivity contribution in [3.05, 3.63) is 53.1 Å². The Morgan fingerprint density at radius 3 is 2.27 bits per heavy atom. The van der Waals surface area contributed by atoms with Crippen LogP contribution < -0.4 is 0 Å². The predicted octanol–water partition coefficient (Wildman–Crippen LogP) is 6.18. The quantitative estimate of drug-likeness (QED) is 0.530. The Morgan fingerprint density at radius 1 is 0.955 bits per heavy atom. The van der Waals surface area contributed by atoms with Gasteiger partial charge in [0.2, 0.25) is 0 Å². The van der Waals surface area contributed by atoms with Crippen LogP contribution in [0.2, 0.25) is 0 Å². The van der Waals surface area contributed by atoms with E-state index >= 15 is 0 Å². The molecular formula is C18H24N2OS. The predicted molar refractivity (Wildman–Crippen MR) is 95.8 cm³/mol. The Balaban J connectivity index is 0.00000116. The van der Waals surface area contributed by atoms with Crippen LogP contribution in [-0.2, 0) is 11.3 Å². The maximum Gasteiger partial charge on any atom is 0.0886 e. The van der Waals surface area contributed by atoms with Crippen molar-refractivity contribution in [2.45, 2.75) is 39.2 Å². The van der Waals surface area contributed by atoms with Gasteiger partial charge in [-0.1, -0.05) is 26.0 Å². The Hall–Kier alpha value is -1.65. The van der Waals surface area contributed by atoms with Gasteiger partial charge in [-0.05, 0) is 54.8 Å². The summed E-state index contributed by atoms with van der Waals surface area (Å²) in [7, 11) is 1.69. The number of hydrogen-bond acceptors (Lipinski definition) is 4. The minimum atomic E-state index is 0.612. The summed E-state index contributed by atoms with van der Waals surface area (Å²) in [6.45, 7) is 8.64. The van der Waals surface area contributed by atoms with E-state index in [1.165, 1.54) is 0 Å². The highest BCUT2D eigenvalue weighted by atomic mass is 32.1. The van der Waals surface area contributed by atoms with Gasteiger partial charge in [0, 0.05) is 12.0 Å². The molecule has 0 heterocycles. The molecule has 0 unspecified atom stereocenters. The van der Waals surface area contributed by atoms with Crippen LogP contribution in [-0.4, -0.2) is 7.11 Å². The largest absolute Gasteiger partial charge is 0.380 e. The lowest BCUT2D eigenvalue weighted by Gasteiger charge is -2.04. The summed E-state index contributed by atoms with van der Waals surface area (Å²) in [6, 6.07) is 11.9. The van der Waals surface area contributed by atoms with Crippen LogP contribution in [0.1, 0.15) is 30.5 Å². The summed E-state index contributed by atoms with van der Waals surface area (Å²) >= 11 is 4.35. The van der Waals surface area contributed by atoms with Gasteiger partial charge in [-0.25, -0.2) is 0 Å². The van der Waals surface area contributed by atoms with Crippen LogP contribution in [0.5, 0.6) is 0 Å². The topological polar surface area (TPSA) is 34.0 Å². The summed E-state index contributed by atoms with van der Waals surface area (Å²) < 4.78 is 5.12. The van der Waals surface area contributed by atoms with Crippen LogP contribution in [0.15, 0.2) is 51.5 Å². The second-order valence-corrected chi connectivity index (χ2v) is 5.21. The molecule has 0 radical (unpaired) electrons. The highest BCUT2D eigenvalue weighted by Crippen LogP contribution is 2.25.